The number of nitrogens with zero attached hydrogens (tertiary/aromatic N) is 1. The first-order valence-corrected chi connectivity index (χ1v) is 24.2. The number of piperidine rings is 1. The third kappa shape index (κ3) is 8.95. The van der Waals surface area contributed by atoms with Crippen molar-refractivity contribution in [3.63, 3.8) is 0 Å². The number of hydrogen-bond donors (Lipinski definition) is 4. The first-order valence-electron chi connectivity index (χ1n) is 23.4. The van der Waals surface area contributed by atoms with Crippen LogP contribution in [-0.2, 0) is 29.3 Å². The molecule has 1 aliphatic carbocycles. The standard InChI is InChI=1S/C52H52Cl2FN5O9/c1-30-14-21-39(46(62)56-30)60-48(64)34-9-8-13-41(42(34)49(60)65)69-28-27-68-26-25-67-24-6-3-12-40(61)31-15-18-33(19-16-31)57-47(63)45-43(35-10-7-11-37(54)44(35)55)52(51(59-45)22-4-2-5-23-51)36-20-17-32(53)29-38(36)58-50(52)66/h7-11,13,15-20,29,39,43,45,59H,1-6,12,14,21-28H2,(H,56,62)(H,57,63)(H,58,66)/t39?,43-,45+,52+/m0/s1. The fourth-order valence-corrected chi connectivity index (χ4v) is 11.4. The van der Waals surface area contributed by atoms with Gasteiger partial charge in [-0.3, -0.25) is 39.0 Å². The number of fused-ring (bicyclic) bond motifs is 4. The van der Waals surface area contributed by atoms with Gasteiger partial charge in [0.2, 0.25) is 17.7 Å². The van der Waals surface area contributed by atoms with Crippen LogP contribution in [0.3, 0.4) is 0 Å². The lowest BCUT2D eigenvalue weighted by molar-refractivity contribution is -0.125. The average Bonchev–Trinajstić information content (AvgIpc) is 3.89. The molecule has 17 heteroatoms. The van der Waals surface area contributed by atoms with Crippen LogP contribution in [-0.4, -0.2) is 90.9 Å². The van der Waals surface area contributed by atoms with E-state index in [0.29, 0.717) is 98.0 Å². The minimum Gasteiger partial charge on any atom is -0.490 e. The van der Waals surface area contributed by atoms with E-state index in [-0.39, 0.29) is 52.4 Å². The number of nitrogens with one attached hydrogen (secondary N) is 4. The number of Topliss-reactive ketones (excluding diaryl/α,β-unsaturated/α-hetero) is 1. The number of anilines is 2. The molecular weight excluding hydrogens is 929 g/mol. The normalized spacial score (nSPS) is 22.4. The fourth-order valence-electron chi connectivity index (χ4n) is 11.0. The van der Waals surface area contributed by atoms with Crippen molar-refractivity contribution in [3.05, 3.63) is 135 Å². The van der Waals surface area contributed by atoms with Gasteiger partial charge in [-0.1, -0.05) is 73.3 Å². The van der Waals surface area contributed by atoms with Crippen molar-refractivity contribution < 1.29 is 47.4 Å². The maximum atomic E-state index is 16.2. The zero-order chi connectivity index (χ0) is 48.5. The molecule has 4 atom stereocenters. The number of ether oxygens (including phenoxy) is 3. The first-order chi connectivity index (χ1) is 33.3. The van der Waals surface area contributed by atoms with Crippen molar-refractivity contribution in [2.45, 2.75) is 93.2 Å². The molecule has 2 spiro atoms. The molecule has 4 heterocycles. The molecule has 1 saturated carbocycles. The van der Waals surface area contributed by atoms with Crippen molar-refractivity contribution in [3.8, 4) is 5.75 Å². The number of allylic oxidation sites excluding steroid dienone is 1. The summed E-state index contributed by atoms with van der Waals surface area (Å²) in [6, 6.07) is 19.4. The monoisotopic (exact) mass is 979 g/mol. The van der Waals surface area contributed by atoms with Gasteiger partial charge in [-0.05, 0) is 104 Å². The summed E-state index contributed by atoms with van der Waals surface area (Å²) in [6.07, 6.45) is 6.09. The third-order valence-electron chi connectivity index (χ3n) is 14.1. The van der Waals surface area contributed by atoms with Crippen LogP contribution in [0.2, 0.25) is 10.0 Å². The molecule has 9 rings (SSSR count). The van der Waals surface area contributed by atoms with Gasteiger partial charge in [0, 0.05) is 52.1 Å². The van der Waals surface area contributed by atoms with Crippen LogP contribution in [0.1, 0.15) is 112 Å². The summed E-state index contributed by atoms with van der Waals surface area (Å²) in [5, 5.41) is 12.6. The maximum absolute atomic E-state index is 16.2. The van der Waals surface area contributed by atoms with Crippen LogP contribution in [0.4, 0.5) is 15.8 Å². The molecule has 2 saturated heterocycles. The van der Waals surface area contributed by atoms with E-state index >= 15 is 4.39 Å². The summed E-state index contributed by atoms with van der Waals surface area (Å²) >= 11 is 12.8. The summed E-state index contributed by atoms with van der Waals surface area (Å²) in [6.45, 7) is 5.12. The van der Waals surface area contributed by atoms with Crippen molar-refractivity contribution >= 4 is 69.9 Å². The number of halogens is 3. The van der Waals surface area contributed by atoms with Crippen LogP contribution in [0.5, 0.6) is 5.75 Å². The predicted molar refractivity (Wildman–Crippen MR) is 256 cm³/mol. The zero-order valence-electron chi connectivity index (χ0n) is 37.8. The number of ketones is 1. The zero-order valence-corrected chi connectivity index (χ0v) is 39.3. The predicted octanol–water partition coefficient (Wildman–Crippen LogP) is 8.27. The molecule has 5 aliphatic rings. The molecule has 4 aromatic carbocycles. The Morgan fingerprint density at radius 1 is 0.841 bits per heavy atom. The van der Waals surface area contributed by atoms with Crippen LogP contribution in [0, 0.1) is 5.82 Å². The average molecular weight is 981 g/mol. The molecule has 1 unspecified atom stereocenters. The minimum absolute atomic E-state index is 0.0639. The Bertz CT molecular complexity index is 2730. The van der Waals surface area contributed by atoms with Crippen LogP contribution >= 0.6 is 23.2 Å². The smallest absolute Gasteiger partial charge is 0.266 e. The summed E-state index contributed by atoms with van der Waals surface area (Å²) in [5.74, 6) is -3.80. The summed E-state index contributed by atoms with van der Waals surface area (Å²) in [4.78, 5) is 82.3. The highest BCUT2D eigenvalue weighted by Gasteiger charge is 2.72. The van der Waals surface area contributed by atoms with Crippen molar-refractivity contribution in [2.75, 3.05) is 43.7 Å². The second kappa shape index (κ2) is 20.2. The highest BCUT2D eigenvalue weighted by molar-refractivity contribution is 6.31. The number of benzene rings is 4. The largest absolute Gasteiger partial charge is 0.490 e. The van der Waals surface area contributed by atoms with Crippen molar-refractivity contribution in [2.24, 2.45) is 0 Å². The molecule has 0 bridgehead atoms. The van der Waals surface area contributed by atoms with E-state index in [9.17, 15) is 28.8 Å². The van der Waals surface area contributed by atoms with E-state index in [1.807, 2.05) is 6.07 Å². The lowest BCUT2D eigenvalue weighted by Gasteiger charge is -2.47. The van der Waals surface area contributed by atoms with Gasteiger partial charge >= 0.3 is 0 Å². The van der Waals surface area contributed by atoms with E-state index in [1.54, 1.807) is 66.7 Å². The number of imide groups is 1. The molecule has 0 aromatic heterocycles. The maximum Gasteiger partial charge on any atom is 0.266 e. The number of hydrogen-bond acceptors (Lipinski definition) is 10. The number of unbranched alkanes of at least 4 members (excludes halogenated alkanes) is 1. The Morgan fingerprint density at radius 3 is 2.35 bits per heavy atom. The lowest BCUT2D eigenvalue weighted by Crippen LogP contribution is -2.60. The van der Waals surface area contributed by atoms with Gasteiger partial charge < -0.3 is 30.2 Å². The molecule has 0 radical (unpaired) electrons. The molecule has 4 aliphatic heterocycles. The van der Waals surface area contributed by atoms with Crippen molar-refractivity contribution in [1.82, 2.24) is 15.5 Å². The second-order valence-corrected chi connectivity index (χ2v) is 19.0. The molecular formula is C52H52Cl2FN5O9. The summed E-state index contributed by atoms with van der Waals surface area (Å²) in [7, 11) is 0. The number of rotatable bonds is 17. The number of carbonyl (C=O) groups is 6. The molecule has 3 fully saturated rings. The lowest BCUT2D eigenvalue weighted by atomic mass is 9.55. The Hall–Kier alpha value is -5.97. The van der Waals surface area contributed by atoms with Gasteiger partial charge in [-0.15, -0.1) is 0 Å². The van der Waals surface area contributed by atoms with Crippen LogP contribution in [0.15, 0.2) is 91.1 Å². The summed E-state index contributed by atoms with van der Waals surface area (Å²) < 4.78 is 33.4. The SMILES string of the molecule is C=C1CCC(N2C(=O)c3cccc(OCCOCCOCCCCC(=O)c4ccc(NC(=O)[C@@H]5NC6(CCCCC6)[C@@]6(C(=O)Nc7cc(Cl)ccc76)[C@H]5c5cccc(Cl)c5F)cc4)c3C2=O)C(=O)N1. The van der Waals surface area contributed by atoms with Gasteiger partial charge in [0.25, 0.3) is 11.8 Å². The first kappa shape index (κ1) is 48.1. The Kier molecular flexibility index (Phi) is 14.1. The second-order valence-electron chi connectivity index (χ2n) is 18.2. The molecule has 69 heavy (non-hydrogen) atoms. The highest BCUT2D eigenvalue weighted by atomic mass is 35.5. The van der Waals surface area contributed by atoms with Gasteiger partial charge in [-0.25, -0.2) is 4.39 Å². The van der Waals surface area contributed by atoms with E-state index in [4.69, 9.17) is 37.4 Å². The number of carbonyl (C=O) groups excluding carboxylic acids is 6. The molecule has 360 valence electrons. The van der Waals surface area contributed by atoms with Crippen LogP contribution < -0.4 is 26.0 Å². The fraction of sp³-hybridized carbons (Fsp3) is 0.385. The van der Waals surface area contributed by atoms with E-state index < -0.39 is 58.4 Å². The van der Waals surface area contributed by atoms with E-state index in [2.05, 4.69) is 27.8 Å². The summed E-state index contributed by atoms with van der Waals surface area (Å²) in [5.41, 5.74) is 0.922. The van der Waals surface area contributed by atoms with E-state index in [1.165, 1.54) is 6.07 Å². The Morgan fingerprint density at radius 2 is 1.58 bits per heavy atom. The molecule has 14 nitrogen and oxygen atoms in total. The quantitative estimate of drug-likeness (QED) is 0.0457. The molecule has 4 aromatic rings. The van der Waals surface area contributed by atoms with Crippen LogP contribution in [0.25, 0.3) is 0 Å². The Balaban J connectivity index is 0.737. The third-order valence-corrected chi connectivity index (χ3v) is 14.6. The van der Waals surface area contributed by atoms with Gasteiger partial charge in [0.1, 0.15) is 29.6 Å². The van der Waals surface area contributed by atoms with E-state index in [0.717, 1.165) is 24.2 Å². The van der Waals surface area contributed by atoms with Gasteiger partial charge in [0.05, 0.1) is 42.0 Å². The van der Waals surface area contributed by atoms with Crippen molar-refractivity contribution in [1.29, 1.82) is 0 Å². The number of amides is 5. The van der Waals surface area contributed by atoms with Gasteiger partial charge in [-0.2, -0.15) is 0 Å². The molecule has 4 N–H and O–H groups in total. The topological polar surface area (TPSA) is 181 Å². The molecule has 5 amide bonds. The minimum atomic E-state index is -1.36. The highest BCUT2D eigenvalue weighted by Crippen LogP contribution is 2.63. The van der Waals surface area contributed by atoms with Gasteiger partial charge in [0.15, 0.2) is 5.78 Å². The Labute approximate surface area is 408 Å².